The first kappa shape index (κ1) is 12.7. The lowest BCUT2D eigenvalue weighted by molar-refractivity contribution is -0.0494. The number of rotatable bonds is 4. The summed E-state index contributed by atoms with van der Waals surface area (Å²) in [5.41, 5.74) is 6.69. The minimum atomic E-state index is -2.94. The van der Waals surface area contributed by atoms with Crippen molar-refractivity contribution in [2.24, 2.45) is 0 Å². The largest absolute Gasteiger partial charge is 0.431 e. The Bertz CT molecular complexity index is 632. The van der Waals surface area contributed by atoms with Crippen molar-refractivity contribution < 1.29 is 13.5 Å². The van der Waals surface area contributed by atoms with E-state index in [0.29, 0.717) is 17.2 Å². The van der Waals surface area contributed by atoms with Crippen molar-refractivity contribution in [1.82, 2.24) is 15.0 Å². The van der Waals surface area contributed by atoms with E-state index >= 15 is 0 Å². The summed E-state index contributed by atoms with van der Waals surface area (Å²) in [5, 5.41) is 0. The Kier molecular flexibility index (Phi) is 3.17. The number of nitrogens with two attached hydrogens (primary N) is 1. The molecule has 104 valence electrons. The molecule has 0 spiro atoms. The molecule has 1 aliphatic rings. The Morgan fingerprint density at radius 2 is 2.10 bits per heavy atom. The van der Waals surface area contributed by atoms with Crippen LogP contribution in [0.1, 0.15) is 24.6 Å². The average molecular weight is 278 g/mol. The van der Waals surface area contributed by atoms with Gasteiger partial charge in [0, 0.05) is 23.9 Å². The highest BCUT2D eigenvalue weighted by Gasteiger charge is 2.26. The number of ether oxygens (including phenoxy) is 1. The maximum absolute atomic E-state index is 12.3. The normalized spacial score (nSPS) is 14.6. The molecule has 2 heterocycles. The van der Waals surface area contributed by atoms with Crippen LogP contribution in [0.25, 0.3) is 11.3 Å². The molecule has 0 unspecified atom stereocenters. The van der Waals surface area contributed by atoms with E-state index in [1.165, 1.54) is 12.3 Å². The summed E-state index contributed by atoms with van der Waals surface area (Å²) in [7, 11) is 0. The van der Waals surface area contributed by atoms with Crippen LogP contribution >= 0.6 is 0 Å². The Morgan fingerprint density at radius 1 is 1.30 bits per heavy atom. The number of alkyl halides is 2. The third-order valence-corrected chi connectivity index (χ3v) is 3.01. The fourth-order valence-electron chi connectivity index (χ4n) is 1.86. The maximum atomic E-state index is 12.3. The molecule has 7 heteroatoms. The molecule has 2 N–H and O–H groups in total. The first-order valence-electron chi connectivity index (χ1n) is 6.17. The predicted molar refractivity (Wildman–Crippen MR) is 68.3 cm³/mol. The van der Waals surface area contributed by atoms with E-state index in [1.54, 1.807) is 12.3 Å². The van der Waals surface area contributed by atoms with Gasteiger partial charge in [-0.05, 0) is 25.0 Å². The Morgan fingerprint density at radius 3 is 2.80 bits per heavy atom. The van der Waals surface area contributed by atoms with Gasteiger partial charge in [-0.25, -0.2) is 15.0 Å². The lowest BCUT2D eigenvalue weighted by atomic mass is 10.2. The molecule has 1 saturated carbocycles. The topological polar surface area (TPSA) is 73.9 Å². The molecule has 0 atom stereocenters. The number of pyridine rings is 1. The van der Waals surface area contributed by atoms with Crippen LogP contribution in [0.4, 0.5) is 14.6 Å². The quantitative estimate of drug-likeness (QED) is 0.930. The summed E-state index contributed by atoms with van der Waals surface area (Å²) in [6.07, 6.45) is 5.30. The lowest BCUT2D eigenvalue weighted by Gasteiger charge is -2.09. The van der Waals surface area contributed by atoms with Crippen molar-refractivity contribution in [1.29, 1.82) is 0 Å². The fraction of sp³-hybridized carbons (Fsp3) is 0.308. The van der Waals surface area contributed by atoms with E-state index in [4.69, 9.17) is 5.73 Å². The van der Waals surface area contributed by atoms with E-state index in [-0.39, 0.29) is 11.6 Å². The molecular weight excluding hydrogens is 266 g/mol. The van der Waals surface area contributed by atoms with Gasteiger partial charge in [0.2, 0.25) is 0 Å². The van der Waals surface area contributed by atoms with Crippen LogP contribution < -0.4 is 10.5 Å². The van der Waals surface area contributed by atoms with Crippen molar-refractivity contribution >= 4 is 5.82 Å². The van der Waals surface area contributed by atoms with Crippen LogP contribution in [-0.2, 0) is 0 Å². The molecule has 1 aliphatic carbocycles. The van der Waals surface area contributed by atoms with Gasteiger partial charge in [-0.15, -0.1) is 0 Å². The molecule has 0 aromatic carbocycles. The Labute approximate surface area is 113 Å². The SMILES string of the molecule is Nc1ncc(-c2ccnc(C3CC3)n2)cc1OC(F)F. The van der Waals surface area contributed by atoms with Crippen LogP contribution in [0.3, 0.4) is 0 Å². The van der Waals surface area contributed by atoms with Crippen molar-refractivity contribution in [3.05, 3.63) is 30.4 Å². The molecular formula is C13H12F2N4O. The van der Waals surface area contributed by atoms with Gasteiger partial charge in [0.15, 0.2) is 11.6 Å². The van der Waals surface area contributed by atoms with Crippen LogP contribution in [0.2, 0.25) is 0 Å². The highest BCUT2D eigenvalue weighted by atomic mass is 19.3. The third-order valence-electron chi connectivity index (χ3n) is 3.01. The molecule has 2 aromatic rings. The molecule has 20 heavy (non-hydrogen) atoms. The number of nitrogen functional groups attached to an aromatic ring is 1. The zero-order valence-corrected chi connectivity index (χ0v) is 10.5. The molecule has 2 aromatic heterocycles. The molecule has 0 aliphatic heterocycles. The number of aromatic nitrogens is 3. The summed E-state index contributed by atoms with van der Waals surface area (Å²) in [6, 6.07) is 3.11. The standard InChI is InChI=1S/C13H12F2N4O/c14-13(15)20-10-5-8(6-18-11(10)16)9-3-4-17-12(19-9)7-1-2-7/h3-7,13H,1-2H2,(H2,16,18). The third kappa shape index (κ3) is 2.66. The van der Waals surface area contributed by atoms with Gasteiger partial charge < -0.3 is 10.5 Å². The molecule has 0 saturated heterocycles. The molecule has 0 bridgehead atoms. The molecule has 1 fully saturated rings. The minimum absolute atomic E-state index is 0.0782. The first-order chi connectivity index (χ1) is 9.63. The highest BCUT2D eigenvalue weighted by Crippen LogP contribution is 2.38. The second kappa shape index (κ2) is 4.99. The second-order valence-corrected chi connectivity index (χ2v) is 4.56. The van der Waals surface area contributed by atoms with Gasteiger partial charge in [0.1, 0.15) is 5.82 Å². The first-order valence-corrected chi connectivity index (χ1v) is 6.17. The number of hydrogen-bond acceptors (Lipinski definition) is 5. The van der Waals surface area contributed by atoms with Gasteiger partial charge >= 0.3 is 6.61 Å². The Balaban J connectivity index is 1.94. The molecule has 5 nitrogen and oxygen atoms in total. The molecule has 0 amide bonds. The summed E-state index contributed by atoms with van der Waals surface area (Å²) in [5.74, 6) is 0.957. The van der Waals surface area contributed by atoms with Crippen LogP contribution in [0, 0.1) is 0 Å². The van der Waals surface area contributed by atoms with Crippen molar-refractivity contribution in [2.45, 2.75) is 25.4 Å². The summed E-state index contributed by atoms with van der Waals surface area (Å²) >= 11 is 0. The van der Waals surface area contributed by atoms with Crippen molar-refractivity contribution in [3.63, 3.8) is 0 Å². The number of halogens is 2. The van der Waals surface area contributed by atoms with Gasteiger partial charge in [-0.1, -0.05) is 0 Å². The van der Waals surface area contributed by atoms with E-state index in [9.17, 15) is 8.78 Å². The van der Waals surface area contributed by atoms with Gasteiger partial charge in [-0.2, -0.15) is 8.78 Å². The van der Waals surface area contributed by atoms with Gasteiger partial charge in [0.05, 0.1) is 5.69 Å². The van der Waals surface area contributed by atoms with Gasteiger partial charge in [-0.3, -0.25) is 0 Å². The van der Waals surface area contributed by atoms with E-state index in [1.807, 2.05) is 0 Å². The Hall–Kier alpha value is -2.31. The predicted octanol–water partition coefficient (Wildman–Crippen LogP) is 2.60. The zero-order chi connectivity index (χ0) is 14.1. The summed E-state index contributed by atoms with van der Waals surface area (Å²) < 4.78 is 28.9. The fourth-order valence-corrected chi connectivity index (χ4v) is 1.86. The smallest absolute Gasteiger partial charge is 0.387 e. The molecule has 0 radical (unpaired) electrons. The highest BCUT2D eigenvalue weighted by molar-refractivity contribution is 5.63. The van der Waals surface area contributed by atoms with Crippen LogP contribution in [-0.4, -0.2) is 21.6 Å². The summed E-state index contributed by atoms with van der Waals surface area (Å²) in [4.78, 5) is 12.5. The van der Waals surface area contributed by atoms with Crippen LogP contribution in [0.15, 0.2) is 24.5 Å². The van der Waals surface area contributed by atoms with Crippen molar-refractivity contribution in [2.75, 3.05) is 5.73 Å². The van der Waals surface area contributed by atoms with E-state index in [0.717, 1.165) is 18.7 Å². The van der Waals surface area contributed by atoms with Gasteiger partial charge in [0.25, 0.3) is 0 Å². The number of hydrogen-bond donors (Lipinski definition) is 1. The second-order valence-electron chi connectivity index (χ2n) is 4.56. The minimum Gasteiger partial charge on any atom is -0.431 e. The van der Waals surface area contributed by atoms with E-state index < -0.39 is 6.61 Å². The number of anilines is 1. The average Bonchev–Trinajstić information content (AvgIpc) is 3.25. The van der Waals surface area contributed by atoms with E-state index in [2.05, 4.69) is 19.7 Å². The number of nitrogens with zero attached hydrogens (tertiary/aromatic N) is 3. The monoisotopic (exact) mass is 278 g/mol. The van der Waals surface area contributed by atoms with Crippen molar-refractivity contribution in [3.8, 4) is 17.0 Å². The lowest BCUT2D eigenvalue weighted by Crippen LogP contribution is -2.06. The molecule has 3 rings (SSSR count). The van der Waals surface area contributed by atoms with Crippen LogP contribution in [0.5, 0.6) is 5.75 Å². The summed E-state index contributed by atoms with van der Waals surface area (Å²) in [6.45, 7) is -2.94. The zero-order valence-electron chi connectivity index (χ0n) is 10.5. The maximum Gasteiger partial charge on any atom is 0.387 e.